The van der Waals surface area contributed by atoms with E-state index in [0.29, 0.717) is 13.0 Å². The highest BCUT2D eigenvalue weighted by atomic mass is 32.1. The molecule has 1 saturated heterocycles. The molecule has 2 atom stereocenters. The Morgan fingerprint density at radius 1 is 1.24 bits per heavy atom. The summed E-state index contributed by atoms with van der Waals surface area (Å²) < 4.78 is 25.1. The summed E-state index contributed by atoms with van der Waals surface area (Å²) in [5, 5.41) is 12.0. The minimum Gasteiger partial charge on any atom is -0.488 e. The highest BCUT2D eigenvalue weighted by Crippen LogP contribution is 2.36. The summed E-state index contributed by atoms with van der Waals surface area (Å²) in [6.07, 6.45) is 2.96. The number of rotatable bonds is 7. The van der Waals surface area contributed by atoms with Gasteiger partial charge >= 0.3 is 5.97 Å². The van der Waals surface area contributed by atoms with Crippen molar-refractivity contribution in [2.24, 2.45) is 0 Å². The van der Waals surface area contributed by atoms with E-state index in [9.17, 15) is 14.3 Å². The summed E-state index contributed by atoms with van der Waals surface area (Å²) in [5.41, 5.74) is 3.79. The molecule has 1 aliphatic rings. The maximum Gasteiger partial charge on any atom is 0.309 e. The van der Waals surface area contributed by atoms with Gasteiger partial charge in [-0.2, -0.15) is 0 Å². The average Bonchev–Trinajstić information content (AvgIpc) is 3.29. The van der Waals surface area contributed by atoms with Gasteiger partial charge in [-0.05, 0) is 70.0 Å². The molecule has 0 bridgehead atoms. The summed E-state index contributed by atoms with van der Waals surface area (Å²) in [6.45, 7) is 4.69. The third-order valence-electron chi connectivity index (χ3n) is 5.59. The van der Waals surface area contributed by atoms with Crippen molar-refractivity contribution in [2.45, 2.75) is 51.4 Å². The molecule has 6 heteroatoms. The van der Waals surface area contributed by atoms with E-state index < -0.39 is 18.2 Å². The smallest absolute Gasteiger partial charge is 0.309 e. The summed E-state index contributed by atoms with van der Waals surface area (Å²) >= 11 is 1.64. The maximum atomic E-state index is 13.6. The van der Waals surface area contributed by atoms with E-state index in [4.69, 9.17) is 9.47 Å². The lowest BCUT2D eigenvalue weighted by Gasteiger charge is -2.24. The van der Waals surface area contributed by atoms with Gasteiger partial charge in [0.2, 0.25) is 0 Å². The first-order valence-electron chi connectivity index (χ1n) is 11.0. The lowest BCUT2D eigenvalue weighted by Crippen LogP contribution is -2.31. The Morgan fingerprint density at radius 3 is 2.70 bits per heavy atom. The van der Waals surface area contributed by atoms with Gasteiger partial charge in [-0.15, -0.1) is 11.3 Å². The Morgan fingerprint density at radius 2 is 2.03 bits per heavy atom. The lowest BCUT2D eigenvalue weighted by molar-refractivity contribution is -0.156. The Kier molecular flexibility index (Phi) is 7.26. The van der Waals surface area contributed by atoms with Gasteiger partial charge in [-0.1, -0.05) is 38.1 Å². The van der Waals surface area contributed by atoms with Gasteiger partial charge in [0.05, 0.1) is 12.5 Å². The number of hydrogen-bond acceptors (Lipinski definition) is 5. The number of esters is 1. The van der Waals surface area contributed by atoms with Crippen LogP contribution in [-0.4, -0.2) is 23.3 Å². The van der Waals surface area contributed by atoms with Gasteiger partial charge in [-0.3, -0.25) is 4.79 Å². The van der Waals surface area contributed by atoms with Crippen molar-refractivity contribution < 1.29 is 23.8 Å². The first-order chi connectivity index (χ1) is 15.9. The van der Waals surface area contributed by atoms with Gasteiger partial charge < -0.3 is 14.6 Å². The van der Waals surface area contributed by atoms with E-state index in [1.807, 2.05) is 41.8 Å². The van der Waals surface area contributed by atoms with Crippen LogP contribution in [0.15, 0.2) is 60.0 Å². The minimum atomic E-state index is -0.699. The predicted molar refractivity (Wildman–Crippen MR) is 129 cm³/mol. The fourth-order valence-corrected chi connectivity index (χ4v) is 4.56. The molecular formula is C27H27FO4S. The van der Waals surface area contributed by atoms with Crippen LogP contribution in [0.1, 0.15) is 48.6 Å². The molecule has 0 saturated carbocycles. The van der Waals surface area contributed by atoms with E-state index in [2.05, 4.69) is 13.8 Å². The van der Waals surface area contributed by atoms with Crippen LogP contribution in [0.4, 0.5) is 4.39 Å². The molecule has 0 spiro atoms. The molecule has 1 fully saturated rings. The standard InChI is InChI=1S/C27H27FO4S/c1-17(2)25-14-22(31-16-23-4-3-11-33-23)15-26(18-5-7-19(28)8-6-18)24(25)10-9-21-12-20(29)13-27(30)32-21/h3-11,14-15,17,20-21,29H,12-13,16H2,1-2H3/b10-9+/t20-,21-/m0/s1. The van der Waals surface area contributed by atoms with Crippen molar-refractivity contribution in [3.8, 4) is 16.9 Å². The number of thiophene rings is 1. The molecule has 0 aliphatic carbocycles. The van der Waals surface area contributed by atoms with Crippen LogP contribution in [0.2, 0.25) is 0 Å². The van der Waals surface area contributed by atoms with E-state index in [1.54, 1.807) is 23.5 Å². The SMILES string of the molecule is CC(C)c1cc(OCc2cccs2)cc(-c2ccc(F)cc2)c1/C=C/[C@H]1C[C@H](O)CC(=O)O1. The topological polar surface area (TPSA) is 55.8 Å². The van der Waals surface area contributed by atoms with Crippen molar-refractivity contribution in [2.75, 3.05) is 0 Å². The first-order valence-corrected chi connectivity index (χ1v) is 11.9. The van der Waals surface area contributed by atoms with Gasteiger partial charge in [0.25, 0.3) is 0 Å². The molecule has 1 aliphatic heterocycles. The lowest BCUT2D eigenvalue weighted by atomic mass is 9.89. The molecule has 0 unspecified atom stereocenters. The Labute approximate surface area is 197 Å². The van der Waals surface area contributed by atoms with Crippen LogP contribution in [-0.2, 0) is 16.1 Å². The molecular weight excluding hydrogens is 439 g/mol. The quantitative estimate of drug-likeness (QED) is 0.413. The molecule has 0 radical (unpaired) electrons. The molecule has 4 rings (SSSR count). The molecule has 3 aromatic rings. The third kappa shape index (κ3) is 5.89. The van der Waals surface area contributed by atoms with Crippen molar-refractivity contribution in [3.05, 3.63) is 81.8 Å². The second kappa shape index (κ2) is 10.3. The van der Waals surface area contributed by atoms with Gasteiger partial charge in [0.15, 0.2) is 0 Å². The number of carbonyl (C=O) groups excluding carboxylic acids is 1. The molecule has 2 aromatic carbocycles. The minimum absolute atomic E-state index is 0.0265. The third-order valence-corrected chi connectivity index (χ3v) is 6.44. The Bertz CT molecular complexity index is 1120. The van der Waals surface area contributed by atoms with Crippen LogP contribution in [0.5, 0.6) is 5.75 Å². The highest BCUT2D eigenvalue weighted by molar-refractivity contribution is 7.09. The number of carbonyl (C=O) groups is 1. The number of aliphatic hydroxyl groups excluding tert-OH is 1. The summed E-state index contributed by atoms with van der Waals surface area (Å²) in [6, 6.07) is 14.4. The number of ether oxygens (including phenoxy) is 2. The van der Waals surface area contributed by atoms with Crippen LogP contribution in [0.3, 0.4) is 0 Å². The van der Waals surface area contributed by atoms with Crippen molar-refractivity contribution in [1.29, 1.82) is 0 Å². The molecule has 1 N–H and O–H groups in total. The largest absolute Gasteiger partial charge is 0.488 e. The van der Waals surface area contributed by atoms with Crippen LogP contribution >= 0.6 is 11.3 Å². The fourth-order valence-electron chi connectivity index (χ4n) is 3.94. The van der Waals surface area contributed by atoms with Gasteiger partial charge in [-0.25, -0.2) is 4.39 Å². The molecule has 2 heterocycles. The number of cyclic esters (lactones) is 1. The molecule has 33 heavy (non-hydrogen) atoms. The second-order valence-corrected chi connectivity index (χ2v) is 9.52. The van der Waals surface area contributed by atoms with Crippen LogP contribution in [0.25, 0.3) is 17.2 Å². The van der Waals surface area contributed by atoms with Crippen LogP contribution in [0, 0.1) is 5.82 Å². The number of hydrogen-bond donors (Lipinski definition) is 1. The van der Waals surface area contributed by atoms with Crippen LogP contribution < -0.4 is 4.74 Å². The summed E-state index contributed by atoms with van der Waals surface area (Å²) in [4.78, 5) is 12.9. The van der Waals surface area contributed by atoms with Gasteiger partial charge in [0, 0.05) is 11.3 Å². The number of halogens is 1. The molecule has 4 nitrogen and oxygen atoms in total. The van der Waals surface area contributed by atoms with Gasteiger partial charge in [0.1, 0.15) is 24.3 Å². The van der Waals surface area contributed by atoms with Crippen molar-refractivity contribution >= 4 is 23.4 Å². The molecule has 1 aromatic heterocycles. The Hall–Kier alpha value is -2.96. The maximum absolute atomic E-state index is 13.6. The molecule has 172 valence electrons. The highest BCUT2D eigenvalue weighted by Gasteiger charge is 2.25. The van der Waals surface area contributed by atoms with Crippen molar-refractivity contribution in [1.82, 2.24) is 0 Å². The predicted octanol–water partition coefficient (Wildman–Crippen LogP) is 6.34. The molecule has 0 amide bonds. The zero-order valence-corrected chi connectivity index (χ0v) is 19.5. The van der Waals surface area contributed by atoms with E-state index in [0.717, 1.165) is 32.9 Å². The second-order valence-electron chi connectivity index (χ2n) is 8.48. The normalized spacial score (nSPS) is 18.6. The van der Waals surface area contributed by atoms with E-state index in [-0.39, 0.29) is 18.2 Å². The van der Waals surface area contributed by atoms with Crippen molar-refractivity contribution in [3.63, 3.8) is 0 Å². The summed E-state index contributed by atoms with van der Waals surface area (Å²) in [7, 11) is 0. The zero-order valence-electron chi connectivity index (χ0n) is 18.7. The first kappa shape index (κ1) is 23.2. The average molecular weight is 467 g/mol. The number of benzene rings is 2. The van der Waals surface area contributed by atoms with E-state index >= 15 is 0 Å². The fraction of sp³-hybridized carbons (Fsp3) is 0.296. The number of aliphatic hydroxyl groups is 1. The zero-order chi connectivity index (χ0) is 23.4. The van der Waals surface area contributed by atoms with E-state index in [1.165, 1.54) is 12.1 Å². The Balaban J connectivity index is 1.74. The summed E-state index contributed by atoms with van der Waals surface area (Å²) in [5.74, 6) is 0.230. The monoisotopic (exact) mass is 466 g/mol.